The van der Waals surface area contributed by atoms with E-state index < -0.39 is 0 Å². The number of hydrogen-bond acceptors (Lipinski definition) is 4. The summed E-state index contributed by atoms with van der Waals surface area (Å²) in [7, 11) is 0. The Hall–Kier alpha value is -7.24. The summed E-state index contributed by atoms with van der Waals surface area (Å²) >= 11 is 0. The Kier molecular flexibility index (Phi) is 6.48. The van der Waals surface area contributed by atoms with Crippen LogP contribution in [0.25, 0.3) is 105 Å². The normalized spacial score (nSPS) is 11.8. The molecule has 0 bridgehead atoms. The van der Waals surface area contributed by atoms with Gasteiger partial charge in [-0.25, -0.2) is 9.97 Å². The quantitative estimate of drug-likeness (QED) is 0.174. The molecule has 0 N–H and O–H groups in total. The van der Waals surface area contributed by atoms with Crippen molar-refractivity contribution in [2.45, 2.75) is 0 Å². The molecule has 5 heteroatoms. The smallest absolute Gasteiger partial charge is 0.160 e. The molecule has 3 heterocycles. The molecule has 0 aliphatic rings. The molecule has 0 unspecified atom stereocenters. The fourth-order valence-electron chi connectivity index (χ4n) is 8.12. The van der Waals surface area contributed by atoms with Crippen molar-refractivity contribution in [3.05, 3.63) is 176 Å². The van der Waals surface area contributed by atoms with Crippen LogP contribution in [0.15, 0.2) is 176 Å². The SMILES string of the molecule is c1ccc(-c2nc(-c3cccc(-c4cccc(-n5c6ccccc6c6ccc7c8nccnc8c8ccccc8c7c65)c4)c3)nc3ccccc23)cc1. The molecular weight excluding hydrogens is 647 g/mol. The number of rotatable bonds is 4. The summed E-state index contributed by atoms with van der Waals surface area (Å²) in [6.07, 6.45) is 3.57. The van der Waals surface area contributed by atoms with Crippen molar-refractivity contribution in [3.63, 3.8) is 0 Å². The maximum Gasteiger partial charge on any atom is 0.160 e. The van der Waals surface area contributed by atoms with Gasteiger partial charge in [0.2, 0.25) is 0 Å². The minimum absolute atomic E-state index is 0.705. The molecule has 0 saturated carbocycles. The summed E-state index contributed by atoms with van der Waals surface area (Å²) in [5.41, 5.74) is 11.3. The Morgan fingerprint density at radius 1 is 0.396 bits per heavy atom. The molecule has 0 aliphatic carbocycles. The van der Waals surface area contributed by atoms with Gasteiger partial charge in [-0.2, -0.15) is 0 Å². The number of benzene rings is 8. The molecule has 0 spiro atoms. The Morgan fingerprint density at radius 3 is 1.87 bits per heavy atom. The third kappa shape index (κ3) is 4.57. The Bertz CT molecular complexity index is 3200. The molecular formula is C48H29N5. The van der Waals surface area contributed by atoms with Crippen molar-refractivity contribution in [2.24, 2.45) is 0 Å². The van der Waals surface area contributed by atoms with Gasteiger partial charge in [-0.15, -0.1) is 0 Å². The fourth-order valence-corrected chi connectivity index (χ4v) is 8.12. The average molecular weight is 676 g/mol. The molecule has 11 aromatic rings. The zero-order valence-corrected chi connectivity index (χ0v) is 28.5. The lowest BCUT2D eigenvalue weighted by Gasteiger charge is -2.14. The zero-order valence-electron chi connectivity index (χ0n) is 28.5. The molecule has 246 valence electrons. The highest BCUT2D eigenvalue weighted by molar-refractivity contribution is 6.32. The first-order valence-electron chi connectivity index (χ1n) is 17.8. The van der Waals surface area contributed by atoms with Crippen LogP contribution in [0.2, 0.25) is 0 Å². The first-order valence-corrected chi connectivity index (χ1v) is 17.8. The van der Waals surface area contributed by atoms with Crippen LogP contribution in [0.3, 0.4) is 0 Å². The maximum atomic E-state index is 5.15. The van der Waals surface area contributed by atoms with Gasteiger partial charge in [0.15, 0.2) is 5.82 Å². The van der Waals surface area contributed by atoms with Gasteiger partial charge >= 0.3 is 0 Å². The van der Waals surface area contributed by atoms with Crippen LogP contribution in [-0.2, 0) is 0 Å². The summed E-state index contributed by atoms with van der Waals surface area (Å²) in [5, 5.41) is 8.00. The third-order valence-corrected chi connectivity index (χ3v) is 10.5. The third-order valence-electron chi connectivity index (χ3n) is 10.5. The van der Waals surface area contributed by atoms with Crippen molar-refractivity contribution < 1.29 is 0 Å². The lowest BCUT2D eigenvalue weighted by Crippen LogP contribution is -1.97. The standard InChI is InChI=1S/C48H29N5/c1-2-12-30(13-3-1)44-39-21-6-8-22-41(39)51-48(52-44)33-16-10-14-31(28-33)32-15-11-17-34(29-32)53-42-23-9-7-18-35(42)38-24-25-40-43(47(38)53)36-19-4-5-20-37(36)45-46(40)50-27-26-49-45/h1-29H. The molecule has 0 amide bonds. The van der Waals surface area contributed by atoms with Crippen molar-refractivity contribution in [1.82, 2.24) is 24.5 Å². The van der Waals surface area contributed by atoms with Crippen LogP contribution in [0.1, 0.15) is 0 Å². The van der Waals surface area contributed by atoms with Crippen molar-refractivity contribution in [1.29, 1.82) is 0 Å². The van der Waals surface area contributed by atoms with Crippen LogP contribution < -0.4 is 0 Å². The summed E-state index contributed by atoms with van der Waals surface area (Å²) < 4.78 is 2.42. The van der Waals surface area contributed by atoms with Crippen molar-refractivity contribution in [2.75, 3.05) is 0 Å². The highest BCUT2D eigenvalue weighted by Crippen LogP contribution is 2.42. The van der Waals surface area contributed by atoms with Gasteiger partial charge in [-0.3, -0.25) is 9.97 Å². The minimum atomic E-state index is 0.705. The molecule has 5 nitrogen and oxygen atoms in total. The minimum Gasteiger partial charge on any atom is -0.309 e. The number of aromatic nitrogens is 5. The van der Waals surface area contributed by atoms with Crippen molar-refractivity contribution >= 4 is 65.3 Å². The monoisotopic (exact) mass is 675 g/mol. The molecule has 11 rings (SSSR count). The molecule has 3 aromatic heterocycles. The molecule has 53 heavy (non-hydrogen) atoms. The summed E-state index contributed by atoms with van der Waals surface area (Å²) in [4.78, 5) is 19.9. The largest absolute Gasteiger partial charge is 0.309 e. The van der Waals surface area contributed by atoms with E-state index in [1.807, 2.05) is 18.2 Å². The number of hydrogen-bond donors (Lipinski definition) is 0. The molecule has 0 fully saturated rings. The average Bonchev–Trinajstić information content (AvgIpc) is 3.58. The van der Waals surface area contributed by atoms with Crippen LogP contribution >= 0.6 is 0 Å². The summed E-state index contributed by atoms with van der Waals surface area (Å²) in [5.74, 6) is 0.705. The van der Waals surface area contributed by atoms with Crippen LogP contribution in [0.5, 0.6) is 0 Å². The zero-order chi connectivity index (χ0) is 34.9. The highest BCUT2D eigenvalue weighted by Gasteiger charge is 2.20. The van der Waals surface area contributed by atoms with Crippen LogP contribution in [-0.4, -0.2) is 24.5 Å². The van der Waals surface area contributed by atoms with Gasteiger partial charge in [0.1, 0.15) is 0 Å². The number of nitrogens with zero attached hydrogens (tertiary/aromatic N) is 5. The van der Waals surface area contributed by atoms with E-state index in [0.717, 1.165) is 77.4 Å². The topological polar surface area (TPSA) is 56.5 Å². The van der Waals surface area contributed by atoms with Gasteiger partial charge < -0.3 is 4.57 Å². The Labute approximate surface area is 304 Å². The van der Waals surface area contributed by atoms with E-state index in [0.29, 0.717) is 5.82 Å². The van der Waals surface area contributed by atoms with Gasteiger partial charge in [0.25, 0.3) is 0 Å². The summed E-state index contributed by atoms with van der Waals surface area (Å²) in [6.45, 7) is 0. The van der Waals surface area contributed by atoms with Gasteiger partial charge in [-0.05, 0) is 46.8 Å². The Balaban J connectivity index is 1.13. The van der Waals surface area contributed by atoms with E-state index in [1.165, 1.54) is 21.5 Å². The molecule has 0 aliphatic heterocycles. The molecule has 0 saturated heterocycles. The van der Waals surface area contributed by atoms with Crippen LogP contribution in [0, 0.1) is 0 Å². The van der Waals surface area contributed by atoms with E-state index in [4.69, 9.17) is 19.9 Å². The molecule has 0 atom stereocenters. The van der Waals surface area contributed by atoms with E-state index >= 15 is 0 Å². The van der Waals surface area contributed by atoms with Gasteiger partial charge in [0.05, 0.1) is 33.3 Å². The highest BCUT2D eigenvalue weighted by atomic mass is 15.0. The Morgan fingerprint density at radius 2 is 1.02 bits per heavy atom. The predicted molar refractivity (Wildman–Crippen MR) is 218 cm³/mol. The first-order chi connectivity index (χ1) is 26.3. The van der Waals surface area contributed by atoms with Crippen LogP contribution in [0.4, 0.5) is 0 Å². The number of fused-ring (bicyclic) bond motifs is 11. The van der Waals surface area contributed by atoms with Gasteiger partial charge in [-0.1, -0.05) is 133 Å². The second kappa shape index (κ2) is 11.7. The van der Waals surface area contributed by atoms with Crippen molar-refractivity contribution in [3.8, 4) is 39.5 Å². The lowest BCUT2D eigenvalue weighted by molar-refractivity contribution is 1.19. The van der Waals surface area contributed by atoms with E-state index in [9.17, 15) is 0 Å². The van der Waals surface area contributed by atoms with E-state index in [1.54, 1.807) is 12.4 Å². The second-order valence-electron chi connectivity index (χ2n) is 13.4. The summed E-state index contributed by atoms with van der Waals surface area (Å²) in [6, 6.07) is 57.8. The first kappa shape index (κ1) is 29.5. The number of para-hydroxylation sites is 2. The maximum absolute atomic E-state index is 5.15. The second-order valence-corrected chi connectivity index (χ2v) is 13.4. The molecule has 8 aromatic carbocycles. The molecule has 0 radical (unpaired) electrons. The van der Waals surface area contributed by atoms with E-state index in [-0.39, 0.29) is 0 Å². The van der Waals surface area contributed by atoms with E-state index in [2.05, 4.69) is 150 Å². The fraction of sp³-hybridized carbons (Fsp3) is 0. The van der Waals surface area contributed by atoms with Gasteiger partial charge in [0, 0.05) is 61.5 Å². The predicted octanol–water partition coefficient (Wildman–Crippen LogP) is 12.0. The lowest BCUT2D eigenvalue weighted by atomic mass is 9.97.